The topological polar surface area (TPSA) is 72.9 Å². The molecule has 1 aliphatic rings. The Kier molecular flexibility index (Phi) is 6.07. The summed E-state index contributed by atoms with van der Waals surface area (Å²) in [4.78, 5) is 26.6. The van der Waals surface area contributed by atoms with Crippen LogP contribution in [0, 0.1) is 5.92 Å². The van der Waals surface area contributed by atoms with Crippen LogP contribution in [0.25, 0.3) is 0 Å². The zero-order valence-corrected chi connectivity index (χ0v) is 11.2. The summed E-state index contributed by atoms with van der Waals surface area (Å²) < 4.78 is 0. The highest BCUT2D eigenvalue weighted by atomic mass is 16.3. The zero-order valence-electron chi connectivity index (χ0n) is 11.2. The van der Waals surface area contributed by atoms with Crippen LogP contribution in [0.1, 0.15) is 13.3 Å². The van der Waals surface area contributed by atoms with Gasteiger partial charge in [0, 0.05) is 39.2 Å². The van der Waals surface area contributed by atoms with Crippen molar-refractivity contribution in [3.05, 3.63) is 0 Å². The average Bonchev–Trinajstić information content (AvgIpc) is 2.30. The number of carbonyl (C=O) groups excluding carboxylic acids is 2. The van der Waals surface area contributed by atoms with E-state index in [0.717, 1.165) is 19.5 Å². The van der Waals surface area contributed by atoms with Gasteiger partial charge in [-0.25, -0.2) is 0 Å². The van der Waals surface area contributed by atoms with Gasteiger partial charge in [-0.15, -0.1) is 0 Å². The Bertz CT molecular complexity index is 290. The number of likely N-dealkylation sites (tertiary alicyclic amines) is 1. The maximum atomic E-state index is 11.8. The molecule has 0 aromatic carbocycles. The van der Waals surface area contributed by atoms with E-state index < -0.39 is 0 Å². The van der Waals surface area contributed by atoms with Crippen molar-refractivity contribution >= 4 is 11.8 Å². The van der Waals surface area contributed by atoms with Crippen molar-refractivity contribution in [1.29, 1.82) is 0 Å². The van der Waals surface area contributed by atoms with Crippen molar-refractivity contribution in [2.45, 2.75) is 13.3 Å². The molecular weight excluding hydrogens is 234 g/mol. The third kappa shape index (κ3) is 4.62. The predicted molar refractivity (Wildman–Crippen MR) is 68.0 cm³/mol. The van der Waals surface area contributed by atoms with Crippen LogP contribution in [0.3, 0.4) is 0 Å². The van der Waals surface area contributed by atoms with Gasteiger partial charge in [-0.1, -0.05) is 6.92 Å². The molecule has 1 aliphatic heterocycles. The molecule has 0 spiro atoms. The molecule has 1 fully saturated rings. The van der Waals surface area contributed by atoms with E-state index in [1.165, 1.54) is 4.90 Å². The van der Waals surface area contributed by atoms with Crippen molar-refractivity contribution in [1.82, 2.24) is 15.1 Å². The zero-order chi connectivity index (χ0) is 13.5. The first-order valence-corrected chi connectivity index (χ1v) is 6.40. The first-order chi connectivity index (χ1) is 8.56. The Balaban J connectivity index is 2.19. The van der Waals surface area contributed by atoms with Gasteiger partial charge in [0.25, 0.3) is 0 Å². The number of carbonyl (C=O) groups is 2. The molecule has 6 nitrogen and oxygen atoms in total. The highest BCUT2D eigenvalue weighted by molar-refractivity contribution is 5.85. The fourth-order valence-corrected chi connectivity index (χ4v) is 1.86. The Morgan fingerprint density at radius 1 is 1.44 bits per heavy atom. The standard InChI is InChI=1S/C12H23N3O3/c1-3-4-13-11(17)7-14(2)12(18)8-15-5-10(6-15)9-16/h10,16H,3-9H2,1-2H3,(H,13,17). The molecule has 0 bridgehead atoms. The number of aliphatic hydroxyl groups is 1. The quantitative estimate of drug-likeness (QED) is 0.607. The number of hydrogen-bond donors (Lipinski definition) is 2. The van der Waals surface area contributed by atoms with Crippen LogP contribution in [0.2, 0.25) is 0 Å². The molecule has 0 aromatic heterocycles. The molecule has 1 heterocycles. The fourth-order valence-electron chi connectivity index (χ4n) is 1.86. The van der Waals surface area contributed by atoms with Gasteiger partial charge in [0.2, 0.25) is 11.8 Å². The Labute approximate surface area is 108 Å². The molecule has 104 valence electrons. The SMILES string of the molecule is CCCNC(=O)CN(C)C(=O)CN1CC(CO)C1. The van der Waals surface area contributed by atoms with Crippen LogP contribution >= 0.6 is 0 Å². The second kappa shape index (κ2) is 7.33. The third-order valence-electron chi connectivity index (χ3n) is 3.03. The highest BCUT2D eigenvalue weighted by Gasteiger charge is 2.28. The molecule has 0 saturated carbocycles. The van der Waals surface area contributed by atoms with E-state index in [-0.39, 0.29) is 25.0 Å². The molecular formula is C12H23N3O3. The minimum atomic E-state index is -0.121. The number of nitrogens with zero attached hydrogens (tertiary/aromatic N) is 2. The molecule has 0 unspecified atom stereocenters. The van der Waals surface area contributed by atoms with E-state index in [9.17, 15) is 9.59 Å². The van der Waals surface area contributed by atoms with Crippen LogP contribution in [-0.4, -0.2) is 73.1 Å². The number of hydrogen-bond acceptors (Lipinski definition) is 4. The lowest BCUT2D eigenvalue weighted by molar-refractivity contribution is -0.137. The second-order valence-corrected chi connectivity index (χ2v) is 4.84. The molecule has 1 saturated heterocycles. The second-order valence-electron chi connectivity index (χ2n) is 4.84. The molecule has 0 radical (unpaired) electrons. The van der Waals surface area contributed by atoms with Crippen molar-refractivity contribution in [2.24, 2.45) is 5.92 Å². The van der Waals surface area contributed by atoms with E-state index in [1.807, 2.05) is 11.8 Å². The third-order valence-corrected chi connectivity index (χ3v) is 3.03. The minimum absolute atomic E-state index is 0.0574. The van der Waals surface area contributed by atoms with Gasteiger partial charge in [0.05, 0.1) is 13.1 Å². The Hall–Kier alpha value is -1.14. The molecule has 2 N–H and O–H groups in total. The van der Waals surface area contributed by atoms with Crippen molar-refractivity contribution in [2.75, 3.05) is 46.4 Å². The summed E-state index contributed by atoms with van der Waals surface area (Å²) in [6.07, 6.45) is 0.889. The van der Waals surface area contributed by atoms with Crippen LogP contribution in [0.15, 0.2) is 0 Å². The molecule has 0 atom stereocenters. The van der Waals surface area contributed by atoms with E-state index in [2.05, 4.69) is 5.32 Å². The highest BCUT2D eigenvalue weighted by Crippen LogP contribution is 2.13. The summed E-state index contributed by atoms with van der Waals surface area (Å²) in [5.41, 5.74) is 0. The van der Waals surface area contributed by atoms with Gasteiger partial charge in [0.1, 0.15) is 0 Å². The van der Waals surface area contributed by atoms with Gasteiger partial charge in [-0.3, -0.25) is 14.5 Å². The summed E-state index contributed by atoms with van der Waals surface area (Å²) in [6, 6.07) is 0. The normalized spacial score (nSPS) is 16.2. The smallest absolute Gasteiger partial charge is 0.239 e. The van der Waals surface area contributed by atoms with E-state index in [1.54, 1.807) is 7.05 Å². The van der Waals surface area contributed by atoms with Crippen LogP contribution < -0.4 is 5.32 Å². The van der Waals surface area contributed by atoms with Crippen LogP contribution in [0.5, 0.6) is 0 Å². The van der Waals surface area contributed by atoms with Crippen molar-refractivity contribution < 1.29 is 14.7 Å². The van der Waals surface area contributed by atoms with Gasteiger partial charge < -0.3 is 15.3 Å². The minimum Gasteiger partial charge on any atom is -0.396 e. The number of likely N-dealkylation sites (N-methyl/N-ethyl adjacent to an activating group) is 1. The van der Waals surface area contributed by atoms with Crippen molar-refractivity contribution in [3.8, 4) is 0 Å². The first-order valence-electron chi connectivity index (χ1n) is 6.40. The van der Waals surface area contributed by atoms with Gasteiger partial charge in [-0.2, -0.15) is 0 Å². The number of aliphatic hydroxyl groups excluding tert-OH is 1. The maximum Gasteiger partial charge on any atom is 0.239 e. The molecule has 0 aromatic rings. The monoisotopic (exact) mass is 257 g/mol. The molecule has 0 aliphatic carbocycles. The Morgan fingerprint density at radius 3 is 2.67 bits per heavy atom. The number of amides is 2. The van der Waals surface area contributed by atoms with Gasteiger partial charge >= 0.3 is 0 Å². The fraction of sp³-hybridized carbons (Fsp3) is 0.833. The van der Waals surface area contributed by atoms with Gasteiger partial charge in [0.15, 0.2) is 0 Å². The summed E-state index contributed by atoms with van der Waals surface area (Å²) >= 11 is 0. The lowest BCUT2D eigenvalue weighted by atomic mass is 10.0. The number of rotatable bonds is 7. The van der Waals surface area contributed by atoms with Gasteiger partial charge in [-0.05, 0) is 6.42 Å². The summed E-state index contributed by atoms with van der Waals surface area (Å²) in [6.45, 7) is 4.77. The molecule has 2 amide bonds. The lowest BCUT2D eigenvalue weighted by Gasteiger charge is -2.38. The summed E-state index contributed by atoms with van der Waals surface area (Å²) in [5.74, 6) is 0.124. The first kappa shape index (κ1) is 14.9. The van der Waals surface area contributed by atoms with E-state index in [0.29, 0.717) is 19.0 Å². The summed E-state index contributed by atoms with van der Waals surface area (Å²) in [5, 5.41) is 11.6. The predicted octanol–water partition coefficient (Wildman–Crippen LogP) is -1.10. The summed E-state index contributed by atoms with van der Waals surface area (Å²) in [7, 11) is 1.64. The number of nitrogens with one attached hydrogen (secondary N) is 1. The van der Waals surface area contributed by atoms with Crippen LogP contribution in [0.4, 0.5) is 0 Å². The largest absolute Gasteiger partial charge is 0.396 e. The average molecular weight is 257 g/mol. The lowest BCUT2D eigenvalue weighted by Crippen LogP contribution is -2.52. The van der Waals surface area contributed by atoms with E-state index in [4.69, 9.17) is 5.11 Å². The van der Waals surface area contributed by atoms with E-state index >= 15 is 0 Å². The molecule has 6 heteroatoms. The van der Waals surface area contributed by atoms with Crippen molar-refractivity contribution in [3.63, 3.8) is 0 Å². The van der Waals surface area contributed by atoms with Crippen LogP contribution in [-0.2, 0) is 9.59 Å². The Morgan fingerprint density at radius 2 is 2.11 bits per heavy atom. The maximum absolute atomic E-state index is 11.8. The molecule has 1 rings (SSSR count). The molecule has 18 heavy (non-hydrogen) atoms.